The van der Waals surface area contributed by atoms with E-state index < -0.39 is 0 Å². The minimum atomic E-state index is 0.562. The Morgan fingerprint density at radius 1 is 0.553 bits per heavy atom. The van der Waals surface area contributed by atoms with Gasteiger partial charge < -0.3 is 33.2 Å². The minimum Gasteiger partial charge on any atom is -0.493 e. The van der Waals surface area contributed by atoms with Gasteiger partial charge in [-0.3, -0.25) is 0 Å². The monoisotopic (exact) mass is 655 g/mol. The standard InChI is InChI=1S/C38H41NO7S/c1-40-30-18-16-26(14-15-27-23-34(42-3)37(44-5)35(24-27)43-4)22-33(30)46-21-11-7-6-10-20-45-31-19-17-28(25-32(31)41-2)38-39-29-12-8-9-13-36(29)47-38/h8-9,12-19,22-25H,6-7,10-11,20-21H2,1-5H3. The number of hydrogen-bond acceptors (Lipinski definition) is 9. The maximum Gasteiger partial charge on any atom is 0.203 e. The van der Waals surface area contributed by atoms with E-state index in [1.807, 2.05) is 78.9 Å². The van der Waals surface area contributed by atoms with Gasteiger partial charge in [0.15, 0.2) is 34.5 Å². The third kappa shape index (κ3) is 8.48. The van der Waals surface area contributed by atoms with E-state index in [2.05, 4.69) is 6.07 Å². The number of thiazole rings is 1. The molecule has 0 spiro atoms. The summed E-state index contributed by atoms with van der Waals surface area (Å²) in [6.45, 7) is 1.21. The molecule has 8 nitrogen and oxygen atoms in total. The Morgan fingerprint density at radius 3 is 1.83 bits per heavy atom. The molecule has 0 aliphatic carbocycles. The Kier molecular flexibility index (Phi) is 11.8. The zero-order valence-electron chi connectivity index (χ0n) is 27.5. The van der Waals surface area contributed by atoms with E-state index >= 15 is 0 Å². The van der Waals surface area contributed by atoms with E-state index in [-0.39, 0.29) is 0 Å². The van der Waals surface area contributed by atoms with Gasteiger partial charge in [-0.05, 0) is 91.4 Å². The van der Waals surface area contributed by atoms with Gasteiger partial charge in [-0.2, -0.15) is 0 Å². The van der Waals surface area contributed by atoms with E-state index in [0.29, 0.717) is 47.7 Å². The van der Waals surface area contributed by atoms with Crippen LogP contribution in [0.2, 0.25) is 0 Å². The summed E-state index contributed by atoms with van der Waals surface area (Å²) in [6, 6.07) is 23.9. The number of para-hydroxylation sites is 1. The third-order valence-corrected chi connectivity index (χ3v) is 8.69. The van der Waals surface area contributed by atoms with Gasteiger partial charge in [0.2, 0.25) is 5.75 Å². The topological polar surface area (TPSA) is 77.5 Å². The molecular weight excluding hydrogens is 614 g/mol. The maximum atomic E-state index is 6.13. The Morgan fingerprint density at radius 2 is 1.17 bits per heavy atom. The Labute approximate surface area is 280 Å². The molecule has 1 aromatic heterocycles. The van der Waals surface area contributed by atoms with Gasteiger partial charge in [-0.25, -0.2) is 4.98 Å². The van der Waals surface area contributed by atoms with Crippen molar-refractivity contribution < 1.29 is 33.2 Å². The van der Waals surface area contributed by atoms with Crippen molar-refractivity contribution in [2.75, 3.05) is 48.8 Å². The third-order valence-electron chi connectivity index (χ3n) is 7.60. The molecule has 0 N–H and O–H groups in total. The number of rotatable bonds is 17. The predicted octanol–water partition coefficient (Wildman–Crippen LogP) is 9.19. The lowest BCUT2D eigenvalue weighted by Crippen LogP contribution is -2.02. The quantitative estimate of drug-likeness (QED) is 0.0725. The van der Waals surface area contributed by atoms with E-state index in [1.54, 1.807) is 46.9 Å². The van der Waals surface area contributed by atoms with Crippen molar-refractivity contribution in [3.8, 4) is 50.8 Å². The van der Waals surface area contributed by atoms with Crippen LogP contribution >= 0.6 is 11.3 Å². The van der Waals surface area contributed by atoms with Crippen molar-refractivity contribution in [2.45, 2.75) is 25.7 Å². The van der Waals surface area contributed by atoms with Gasteiger partial charge in [-0.1, -0.05) is 30.4 Å². The number of methoxy groups -OCH3 is 5. The van der Waals surface area contributed by atoms with Crippen molar-refractivity contribution in [1.82, 2.24) is 4.98 Å². The highest BCUT2D eigenvalue weighted by Crippen LogP contribution is 2.39. The van der Waals surface area contributed by atoms with Gasteiger partial charge in [0.25, 0.3) is 0 Å². The highest BCUT2D eigenvalue weighted by atomic mass is 32.1. The smallest absolute Gasteiger partial charge is 0.203 e. The summed E-state index contributed by atoms with van der Waals surface area (Å²) < 4.78 is 40.9. The summed E-state index contributed by atoms with van der Waals surface area (Å²) in [6.07, 6.45) is 7.92. The zero-order valence-corrected chi connectivity index (χ0v) is 28.4. The first kappa shape index (κ1) is 33.5. The van der Waals surface area contributed by atoms with Crippen LogP contribution in [0.5, 0.6) is 40.2 Å². The SMILES string of the molecule is COc1cc(-c2nc3ccccc3s2)ccc1OCCCCCCOc1cc(C=Cc2cc(OC)c(OC)c(OC)c2)ccc1OC. The van der Waals surface area contributed by atoms with Crippen LogP contribution in [0.1, 0.15) is 36.8 Å². The average Bonchev–Trinajstić information content (AvgIpc) is 3.56. The second kappa shape index (κ2) is 16.6. The van der Waals surface area contributed by atoms with Crippen LogP contribution < -0.4 is 33.2 Å². The summed E-state index contributed by atoms with van der Waals surface area (Å²) in [5.74, 6) is 4.64. The molecule has 0 aliphatic heterocycles. The Bertz CT molecular complexity index is 1740. The van der Waals surface area contributed by atoms with Crippen molar-refractivity contribution >= 4 is 33.7 Å². The Balaban J connectivity index is 1.08. The molecule has 0 saturated carbocycles. The molecule has 0 unspecified atom stereocenters. The molecule has 5 aromatic rings. The molecule has 0 atom stereocenters. The molecule has 0 aliphatic rings. The highest BCUT2D eigenvalue weighted by molar-refractivity contribution is 7.21. The van der Waals surface area contributed by atoms with Gasteiger partial charge >= 0.3 is 0 Å². The second-order valence-corrected chi connectivity index (χ2v) is 11.7. The molecule has 5 rings (SSSR count). The molecule has 0 bridgehead atoms. The summed E-state index contributed by atoms with van der Waals surface area (Å²) in [5, 5.41) is 0.967. The molecule has 9 heteroatoms. The summed E-state index contributed by atoms with van der Waals surface area (Å²) in [5.41, 5.74) is 3.93. The fourth-order valence-corrected chi connectivity index (χ4v) is 6.10. The van der Waals surface area contributed by atoms with Gasteiger partial charge in [0, 0.05) is 5.56 Å². The molecule has 4 aromatic carbocycles. The summed E-state index contributed by atoms with van der Waals surface area (Å²) in [4.78, 5) is 4.76. The molecule has 0 saturated heterocycles. The molecule has 47 heavy (non-hydrogen) atoms. The first-order valence-electron chi connectivity index (χ1n) is 15.5. The van der Waals surface area contributed by atoms with E-state index in [0.717, 1.165) is 58.6 Å². The largest absolute Gasteiger partial charge is 0.493 e. The number of aromatic nitrogens is 1. The number of nitrogens with zero attached hydrogens (tertiary/aromatic N) is 1. The van der Waals surface area contributed by atoms with Crippen molar-refractivity contribution in [3.05, 3.63) is 83.9 Å². The fraction of sp³-hybridized carbons (Fsp3) is 0.289. The van der Waals surface area contributed by atoms with Gasteiger partial charge in [0.05, 0.1) is 59.0 Å². The second-order valence-electron chi connectivity index (χ2n) is 10.7. The highest BCUT2D eigenvalue weighted by Gasteiger charge is 2.13. The molecular formula is C38H41NO7S. The van der Waals surface area contributed by atoms with E-state index in [4.69, 9.17) is 38.1 Å². The number of unbranched alkanes of at least 4 members (excludes halogenated alkanes) is 3. The number of benzene rings is 4. The predicted molar refractivity (Wildman–Crippen MR) is 189 cm³/mol. The number of hydrogen-bond donors (Lipinski definition) is 0. The first-order chi connectivity index (χ1) is 23.1. The lowest BCUT2D eigenvalue weighted by atomic mass is 10.1. The van der Waals surface area contributed by atoms with Crippen LogP contribution in [0.25, 0.3) is 32.9 Å². The van der Waals surface area contributed by atoms with Crippen LogP contribution in [0.15, 0.2) is 72.8 Å². The van der Waals surface area contributed by atoms with Crippen LogP contribution in [-0.4, -0.2) is 53.7 Å². The maximum absolute atomic E-state index is 6.13. The van der Waals surface area contributed by atoms with Crippen LogP contribution in [-0.2, 0) is 0 Å². The van der Waals surface area contributed by atoms with Crippen LogP contribution in [0.4, 0.5) is 0 Å². The minimum absolute atomic E-state index is 0.562. The van der Waals surface area contributed by atoms with Crippen molar-refractivity contribution in [1.29, 1.82) is 0 Å². The van der Waals surface area contributed by atoms with Crippen molar-refractivity contribution in [3.63, 3.8) is 0 Å². The lowest BCUT2D eigenvalue weighted by molar-refractivity contribution is 0.271. The number of ether oxygens (including phenoxy) is 7. The molecule has 0 radical (unpaired) electrons. The van der Waals surface area contributed by atoms with E-state index in [1.165, 1.54) is 4.70 Å². The first-order valence-corrected chi connectivity index (χ1v) is 16.3. The number of fused-ring (bicyclic) bond motifs is 1. The molecule has 0 fully saturated rings. The van der Waals surface area contributed by atoms with Crippen LogP contribution in [0.3, 0.4) is 0 Å². The van der Waals surface area contributed by atoms with Crippen molar-refractivity contribution in [2.24, 2.45) is 0 Å². The van der Waals surface area contributed by atoms with Gasteiger partial charge in [-0.15, -0.1) is 11.3 Å². The van der Waals surface area contributed by atoms with Crippen LogP contribution in [0, 0.1) is 0 Å². The van der Waals surface area contributed by atoms with Gasteiger partial charge in [0.1, 0.15) is 5.01 Å². The normalized spacial score (nSPS) is 11.1. The molecule has 1 heterocycles. The Hall–Kier alpha value is -4.89. The van der Waals surface area contributed by atoms with E-state index in [9.17, 15) is 0 Å². The fourth-order valence-electron chi connectivity index (χ4n) is 5.14. The zero-order chi connectivity index (χ0) is 33.0. The molecule has 0 amide bonds. The average molecular weight is 656 g/mol. The molecule has 246 valence electrons. The summed E-state index contributed by atoms with van der Waals surface area (Å²) in [7, 11) is 8.12. The lowest BCUT2D eigenvalue weighted by Gasteiger charge is -2.13. The summed E-state index contributed by atoms with van der Waals surface area (Å²) >= 11 is 1.67.